The average Bonchev–Trinajstić information content (AvgIpc) is 2.76. The Balaban J connectivity index is 1.40. The highest BCUT2D eigenvalue weighted by molar-refractivity contribution is 5.94. The van der Waals surface area contributed by atoms with E-state index in [9.17, 15) is 4.79 Å². The minimum atomic E-state index is -0.145. The third kappa shape index (κ3) is 5.77. The summed E-state index contributed by atoms with van der Waals surface area (Å²) in [5, 5.41) is 2.84. The van der Waals surface area contributed by atoms with Gasteiger partial charge in [-0.25, -0.2) is 0 Å². The van der Waals surface area contributed by atoms with Crippen molar-refractivity contribution < 1.29 is 19.0 Å². The number of benzene rings is 3. The normalized spacial score (nSPS) is 10.2. The summed E-state index contributed by atoms with van der Waals surface area (Å²) in [5.41, 5.74) is 1.68. The Hall–Kier alpha value is -3.47. The predicted octanol–water partition coefficient (Wildman–Crippen LogP) is 4.08. The number of hydrogen-bond acceptors (Lipinski definition) is 4. The quantitative estimate of drug-likeness (QED) is 0.571. The molecule has 3 rings (SSSR count). The zero-order valence-electron chi connectivity index (χ0n) is 15.8. The number of ether oxygens (including phenoxy) is 3. The molecule has 0 heterocycles. The maximum atomic E-state index is 12.2. The van der Waals surface area contributed by atoms with Gasteiger partial charge in [0.15, 0.2) is 0 Å². The first-order valence-electron chi connectivity index (χ1n) is 9.06. The van der Waals surface area contributed by atoms with Crippen molar-refractivity contribution in [2.75, 3.05) is 20.3 Å². The van der Waals surface area contributed by atoms with E-state index in [1.807, 2.05) is 54.6 Å². The predicted molar refractivity (Wildman–Crippen MR) is 108 cm³/mol. The number of carbonyl (C=O) groups excluding carboxylic acids is 1. The van der Waals surface area contributed by atoms with Gasteiger partial charge in [0.1, 0.15) is 30.5 Å². The van der Waals surface area contributed by atoms with Gasteiger partial charge in [0, 0.05) is 5.56 Å². The molecule has 0 unspecified atom stereocenters. The number of nitrogens with one attached hydrogen (secondary N) is 1. The molecule has 28 heavy (non-hydrogen) atoms. The second-order valence-corrected chi connectivity index (χ2v) is 6.08. The largest absolute Gasteiger partial charge is 0.497 e. The topological polar surface area (TPSA) is 56.8 Å². The Morgan fingerprint density at radius 3 is 2.07 bits per heavy atom. The summed E-state index contributed by atoms with van der Waals surface area (Å²) < 4.78 is 16.4. The molecule has 1 N–H and O–H groups in total. The monoisotopic (exact) mass is 377 g/mol. The van der Waals surface area contributed by atoms with Gasteiger partial charge in [-0.1, -0.05) is 30.3 Å². The van der Waals surface area contributed by atoms with E-state index in [0.717, 1.165) is 22.8 Å². The lowest BCUT2D eigenvalue weighted by atomic mass is 10.2. The summed E-state index contributed by atoms with van der Waals surface area (Å²) >= 11 is 0. The van der Waals surface area contributed by atoms with Crippen LogP contribution in [0, 0.1) is 0 Å². The minimum Gasteiger partial charge on any atom is -0.497 e. The van der Waals surface area contributed by atoms with Gasteiger partial charge >= 0.3 is 0 Å². The zero-order chi connectivity index (χ0) is 19.6. The lowest BCUT2D eigenvalue weighted by Crippen LogP contribution is -2.28. The first kappa shape index (κ1) is 19.3. The van der Waals surface area contributed by atoms with E-state index in [1.54, 1.807) is 31.4 Å². The fourth-order valence-electron chi connectivity index (χ4n) is 2.55. The lowest BCUT2D eigenvalue weighted by Gasteiger charge is -2.09. The Bertz CT molecular complexity index is 861. The van der Waals surface area contributed by atoms with E-state index in [-0.39, 0.29) is 5.91 Å². The van der Waals surface area contributed by atoms with Crippen molar-refractivity contribution >= 4 is 5.91 Å². The van der Waals surface area contributed by atoms with Crippen LogP contribution < -0.4 is 19.5 Å². The highest BCUT2D eigenvalue weighted by Gasteiger charge is 2.05. The summed E-state index contributed by atoms with van der Waals surface area (Å²) in [5.74, 6) is 2.09. The van der Waals surface area contributed by atoms with E-state index in [4.69, 9.17) is 14.2 Å². The van der Waals surface area contributed by atoms with Crippen molar-refractivity contribution in [3.8, 4) is 17.2 Å². The van der Waals surface area contributed by atoms with Crippen LogP contribution in [0.4, 0.5) is 0 Å². The molecule has 3 aromatic carbocycles. The van der Waals surface area contributed by atoms with Gasteiger partial charge in [0.25, 0.3) is 5.91 Å². The van der Waals surface area contributed by atoms with Crippen molar-refractivity contribution in [3.63, 3.8) is 0 Å². The molecular weight excluding hydrogens is 354 g/mol. The number of methoxy groups -OCH3 is 1. The summed E-state index contributed by atoms with van der Waals surface area (Å²) in [6, 6.07) is 24.4. The minimum absolute atomic E-state index is 0.145. The second-order valence-electron chi connectivity index (χ2n) is 6.08. The molecule has 0 aliphatic heterocycles. The van der Waals surface area contributed by atoms with Crippen LogP contribution >= 0.6 is 0 Å². The molecule has 0 fully saturated rings. The first-order chi connectivity index (χ1) is 13.7. The van der Waals surface area contributed by atoms with Crippen LogP contribution in [-0.2, 0) is 6.61 Å². The molecule has 0 aliphatic rings. The van der Waals surface area contributed by atoms with Gasteiger partial charge in [-0.15, -0.1) is 0 Å². The van der Waals surface area contributed by atoms with E-state index in [2.05, 4.69) is 5.32 Å². The molecule has 0 aromatic heterocycles. The lowest BCUT2D eigenvalue weighted by molar-refractivity contribution is 0.0947. The van der Waals surface area contributed by atoms with Crippen molar-refractivity contribution in [1.82, 2.24) is 5.32 Å². The van der Waals surface area contributed by atoms with Gasteiger partial charge in [-0.2, -0.15) is 0 Å². The van der Waals surface area contributed by atoms with E-state index in [1.165, 1.54) is 0 Å². The van der Waals surface area contributed by atoms with E-state index in [0.29, 0.717) is 25.3 Å². The highest BCUT2D eigenvalue weighted by atomic mass is 16.5. The van der Waals surface area contributed by atoms with Crippen molar-refractivity contribution in [2.24, 2.45) is 0 Å². The third-order valence-electron chi connectivity index (χ3n) is 4.08. The van der Waals surface area contributed by atoms with Crippen LogP contribution in [0.15, 0.2) is 78.9 Å². The van der Waals surface area contributed by atoms with Gasteiger partial charge in [-0.05, 0) is 54.1 Å². The number of carbonyl (C=O) groups is 1. The molecule has 0 saturated carbocycles. The fraction of sp³-hybridized carbons (Fsp3) is 0.174. The van der Waals surface area contributed by atoms with Crippen LogP contribution in [0.25, 0.3) is 0 Å². The molecule has 0 radical (unpaired) electrons. The standard InChI is InChI=1S/C23H23NO4/c1-26-20-11-13-21(14-12-20)27-16-15-24-23(25)19-7-9-22(10-8-19)28-17-18-5-3-2-4-6-18/h2-14H,15-17H2,1H3,(H,24,25). The molecule has 5 heteroatoms. The maximum absolute atomic E-state index is 12.2. The highest BCUT2D eigenvalue weighted by Crippen LogP contribution is 2.17. The van der Waals surface area contributed by atoms with Crippen LogP contribution in [0.1, 0.15) is 15.9 Å². The Labute approximate surface area is 164 Å². The molecule has 0 bridgehead atoms. The molecule has 1 amide bonds. The molecular formula is C23H23NO4. The van der Waals surface area contributed by atoms with Crippen LogP contribution in [0.3, 0.4) is 0 Å². The smallest absolute Gasteiger partial charge is 0.251 e. The Kier molecular flexibility index (Phi) is 6.90. The van der Waals surface area contributed by atoms with Gasteiger partial charge in [0.2, 0.25) is 0 Å². The summed E-state index contributed by atoms with van der Waals surface area (Å²) in [4.78, 5) is 12.2. The molecule has 3 aromatic rings. The van der Waals surface area contributed by atoms with Crippen LogP contribution in [0.2, 0.25) is 0 Å². The van der Waals surface area contributed by atoms with Crippen LogP contribution in [-0.4, -0.2) is 26.2 Å². The summed E-state index contributed by atoms with van der Waals surface area (Å²) in [7, 11) is 1.62. The number of hydrogen-bond donors (Lipinski definition) is 1. The fourth-order valence-corrected chi connectivity index (χ4v) is 2.55. The molecule has 0 spiro atoms. The van der Waals surface area contributed by atoms with Crippen LogP contribution in [0.5, 0.6) is 17.2 Å². The molecule has 0 atom stereocenters. The van der Waals surface area contributed by atoms with Gasteiger partial charge in [0.05, 0.1) is 13.7 Å². The number of rotatable bonds is 9. The zero-order valence-corrected chi connectivity index (χ0v) is 15.8. The van der Waals surface area contributed by atoms with Crippen molar-refractivity contribution in [1.29, 1.82) is 0 Å². The number of amides is 1. The molecule has 0 aliphatic carbocycles. The van der Waals surface area contributed by atoms with Gasteiger partial charge in [-0.3, -0.25) is 4.79 Å². The Morgan fingerprint density at radius 1 is 0.786 bits per heavy atom. The summed E-state index contributed by atoms with van der Waals surface area (Å²) in [6.07, 6.45) is 0. The van der Waals surface area contributed by atoms with E-state index >= 15 is 0 Å². The van der Waals surface area contributed by atoms with Gasteiger partial charge < -0.3 is 19.5 Å². The summed E-state index contributed by atoms with van der Waals surface area (Å²) in [6.45, 7) is 1.29. The van der Waals surface area contributed by atoms with E-state index < -0.39 is 0 Å². The average molecular weight is 377 g/mol. The molecule has 0 saturated heterocycles. The van der Waals surface area contributed by atoms with Crippen molar-refractivity contribution in [2.45, 2.75) is 6.61 Å². The first-order valence-corrected chi connectivity index (χ1v) is 9.06. The second kappa shape index (κ2) is 10.0. The SMILES string of the molecule is COc1ccc(OCCNC(=O)c2ccc(OCc3ccccc3)cc2)cc1. The molecule has 144 valence electrons. The Morgan fingerprint density at radius 2 is 1.39 bits per heavy atom. The molecule has 5 nitrogen and oxygen atoms in total. The maximum Gasteiger partial charge on any atom is 0.251 e. The third-order valence-corrected chi connectivity index (χ3v) is 4.08. The van der Waals surface area contributed by atoms with Crippen molar-refractivity contribution in [3.05, 3.63) is 90.0 Å².